The van der Waals surface area contributed by atoms with Crippen LogP contribution in [0, 0.1) is 0 Å². The molecule has 0 amide bonds. The van der Waals surface area contributed by atoms with E-state index in [1.165, 1.54) is 32.1 Å². The fourth-order valence-corrected chi connectivity index (χ4v) is 2.95. The molecule has 0 saturated carbocycles. The van der Waals surface area contributed by atoms with Crippen molar-refractivity contribution in [1.29, 1.82) is 0 Å². The van der Waals surface area contributed by atoms with Gasteiger partial charge in [0, 0.05) is 12.6 Å². The molecule has 20 heavy (non-hydrogen) atoms. The average Bonchev–Trinajstić information content (AvgIpc) is 2.85. The Labute approximate surface area is 121 Å². The highest BCUT2D eigenvalue weighted by Crippen LogP contribution is 2.19. The van der Waals surface area contributed by atoms with Gasteiger partial charge in [-0.15, -0.1) is 0 Å². The van der Waals surface area contributed by atoms with Crippen molar-refractivity contribution in [1.82, 2.24) is 4.90 Å². The minimum Gasteiger partial charge on any atom is -0.467 e. The zero-order valence-corrected chi connectivity index (χ0v) is 12.5. The van der Waals surface area contributed by atoms with E-state index in [0.29, 0.717) is 19.3 Å². The van der Waals surface area contributed by atoms with Crippen molar-refractivity contribution in [3.8, 4) is 0 Å². The highest BCUT2D eigenvalue weighted by molar-refractivity contribution is 4.96. The summed E-state index contributed by atoms with van der Waals surface area (Å²) in [5, 5.41) is 10.1. The number of aliphatic hydroxyl groups excluding tert-OH is 1. The Morgan fingerprint density at radius 3 is 3.10 bits per heavy atom. The topological polar surface area (TPSA) is 45.8 Å². The van der Waals surface area contributed by atoms with Gasteiger partial charge in [-0.05, 0) is 37.9 Å². The summed E-state index contributed by atoms with van der Waals surface area (Å²) >= 11 is 0. The van der Waals surface area contributed by atoms with Crippen LogP contribution in [0.25, 0.3) is 0 Å². The van der Waals surface area contributed by atoms with Crippen molar-refractivity contribution in [3.05, 3.63) is 24.2 Å². The molecule has 0 bridgehead atoms. The molecule has 0 radical (unpaired) electrons. The van der Waals surface area contributed by atoms with E-state index >= 15 is 0 Å². The molecule has 1 aromatic heterocycles. The zero-order valence-electron chi connectivity index (χ0n) is 12.5. The van der Waals surface area contributed by atoms with Crippen molar-refractivity contribution in [3.63, 3.8) is 0 Å². The molecule has 0 spiro atoms. The lowest BCUT2D eigenvalue weighted by Gasteiger charge is -2.30. The predicted octanol–water partition coefficient (Wildman–Crippen LogP) is 2.81. The van der Waals surface area contributed by atoms with Crippen molar-refractivity contribution >= 4 is 0 Å². The maximum absolute atomic E-state index is 10.1. The molecular formula is C16H27NO3. The van der Waals surface area contributed by atoms with Gasteiger partial charge in [0.05, 0.1) is 19.0 Å². The normalized spacial score (nSPS) is 22.6. The highest BCUT2D eigenvalue weighted by atomic mass is 16.5. The van der Waals surface area contributed by atoms with Crippen LogP contribution >= 0.6 is 0 Å². The molecule has 1 aliphatic rings. The summed E-state index contributed by atoms with van der Waals surface area (Å²) in [6.07, 6.45) is 7.53. The summed E-state index contributed by atoms with van der Waals surface area (Å²) in [4.78, 5) is 2.44. The number of likely N-dealkylation sites (tertiary alicyclic amines) is 1. The van der Waals surface area contributed by atoms with Gasteiger partial charge < -0.3 is 14.3 Å². The van der Waals surface area contributed by atoms with E-state index in [0.717, 1.165) is 18.8 Å². The Bertz CT molecular complexity index is 353. The smallest absolute Gasteiger partial charge is 0.129 e. The van der Waals surface area contributed by atoms with E-state index in [1.807, 2.05) is 12.1 Å². The molecule has 0 aliphatic carbocycles. The second kappa shape index (κ2) is 8.45. The number of furan rings is 1. The van der Waals surface area contributed by atoms with Crippen LogP contribution in [0.1, 0.15) is 44.8 Å². The molecule has 0 aromatic carbocycles. The van der Waals surface area contributed by atoms with Crippen LogP contribution in [0.15, 0.2) is 22.8 Å². The lowest BCUT2D eigenvalue weighted by Crippen LogP contribution is -2.41. The molecule has 2 atom stereocenters. The van der Waals surface area contributed by atoms with Crippen LogP contribution in [0.4, 0.5) is 0 Å². The summed E-state index contributed by atoms with van der Waals surface area (Å²) in [5.74, 6) is 0.804. The summed E-state index contributed by atoms with van der Waals surface area (Å²) < 4.78 is 10.7. The van der Waals surface area contributed by atoms with Crippen LogP contribution in [-0.4, -0.2) is 41.8 Å². The van der Waals surface area contributed by atoms with E-state index in [2.05, 4.69) is 11.8 Å². The van der Waals surface area contributed by atoms with Crippen LogP contribution in [0.3, 0.4) is 0 Å². The van der Waals surface area contributed by atoms with Gasteiger partial charge in [-0.1, -0.05) is 19.8 Å². The quantitative estimate of drug-likeness (QED) is 0.835. The van der Waals surface area contributed by atoms with Crippen LogP contribution in [0.2, 0.25) is 0 Å². The Hall–Kier alpha value is -0.840. The third-order valence-electron chi connectivity index (χ3n) is 4.05. The molecule has 114 valence electrons. The third kappa shape index (κ3) is 4.93. The summed E-state index contributed by atoms with van der Waals surface area (Å²) in [5.41, 5.74) is 0. The predicted molar refractivity (Wildman–Crippen MR) is 78.5 cm³/mol. The molecular weight excluding hydrogens is 254 g/mol. The molecule has 1 aliphatic heterocycles. The lowest BCUT2D eigenvalue weighted by atomic mass is 10.1. The first-order valence-electron chi connectivity index (χ1n) is 7.82. The number of aliphatic hydroxyl groups is 1. The molecule has 4 heteroatoms. The van der Waals surface area contributed by atoms with E-state index < -0.39 is 6.10 Å². The van der Waals surface area contributed by atoms with Crippen molar-refractivity contribution in [2.75, 3.05) is 19.7 Å². The van der Waals surface area contributed by atoms with Gasteiger partial charge in [-0.3, -0.25) is 4.90 Å². The minimum absolute atomic E-state index is 0.369. The fraction of sp³-hybridized carbons (Fsp3) is 0.750. The lowest BCUT2D eigenvalue weighted by molar-refractivity contribution is -0.00182. The van der Waals surface area contributed by atoms with Gasteiger partial charge in [0.25, 0.3) is 0 Å². The summed E-state index contributed by atoms with van der Waals surface area (Å²) in [6.45, 7) is 4.86. The van der Waals surface area contributed by atoms with E-state index in [9.17, 15) is 5.11 Å². The van der Waals surface area contributed by atoms with E-state index in [1.54, 1.807) is 6.26 Å². The average molecular weight is 281 g/mol. The van der Waals surface area contributed by atoms with Gasteiger partial charge in [-0.2, -0.15) is 0 Å². The molecule has 2 rings (SSSR count). The van der Waals surface area contributed by atoms with Crippen LogP contribution < -0.4 is 0 Å². The molecule has 1 aromatic rings. The monoisotopic (exact) mass is 281 g/mol. The van der Waals surface area contributed by atoms with Crippen LogP contribution in [0.5, 0.6) is 0 Å². The molecule has 4 nitrogen and oxygen atoms in total. The number of hydrogen-bond acceptors (Lipinski definition) is 4. The van der Waals surface area contributed by atoms with Gasteiger partial charge >= 0.3 is 0 Å². The number of rotatable bonds is 7. The molecule has 2 unspecified atom stereocenters. The Morgan fingerprint density at radius 1 is 1.45 bits per heavy atom. The second-order valence-electron chi connectivity index (χ2n) is 5.65. The summed E-state index contributed by atoms with van der Waals surface area (Å²) in [7, 11) is 0. The third-order valence-corrected chi connectivity index (χ3v) is 4.05. The zero-order chi connectivity index (χ0) is 14.2. The van der Waals surface area contributed by atoms with Crippen molar-refractivity contribution in [2.24, 2.45) is 0 Å². The Balaban J connectivity index is 1.70. The highest BCUT2D eigenvalue weighted by Gasteiger charge is 2.21. The van der Waals surface area contributed by atoms with Gasteiger partial charge in [0.2, 0.25) is 0 Å². The van der Waals surface area contributed by atoms with Gasteiger partial charge in [0.1, 0.15) is 12.4 Å². The van der Waals surface area contributed by atoms with Gasteiger partial charge in [-0.25, -0.2) is 0 Å². The van der Waals surface area contributed by atoms with Gasteiger partial charge in [0.15, 0.2) is 0 Å². The minimum atomic E-state index is -0.419. The number of nitrogens with zero attached hydrogens (tertiary/aromatic N) is 1. The second-order valence-corrected chi connectivity index (χ2v) is 5.65. The standard InChI is InChI=1S/C16H27NO3/c1-2-14-7-4-3-5-9-17(14)11-15(18)12-19-13-16-8-6-10-20-16/h6,8,10,14-15,18H,2-5,7,9,11-13H2,1H3. The molecule has 1 saturated heterocycles. The SMILES string of the molecule is CCC1CCCCCN1CC(O)COCc1ccco1. The van der Waals surface area contributed by atoms with E-state index in [-0.39, 0.29) is 0 Å². The fourth-order valence-electron chi connectivity index (χ4n) is 2.95. The van der Waals surface area contributed by atoms with Crippen molar-refractivity contribution < 1.29 is 14.3 Å². The first kappa shape index (κ1) is 15.5. The Morgan fingerprint density at radius 2 is 2.35 bits per heavy atom. The van der Waals surface area contributed by atoms with Crippen LogP contribution in [-0.2, 0) is 11.3 Å². The Kier molecular flexibility index (Phi) is 6.57. The number of ether oxygens (including phenoxy) is 1. The molecule has 1 N–H and O–H groups in total. The maximum atomic E-state index is 10.1. The number of hydrogen-bond donors (Lipinski definition) is 1. The first-order valence-corrected chi connectivity index (χ1v) is 7.82. The maximum Gasteiger partial charge on any atom is 0.129 e. The largest absolute Gasteiger partial charge is 0.467 e. The first-order chi connectivity index (χ1) is 9.79. The summed E-state index contributed by atoms with van der Waals surface area (Å²) in [6, 6.07) is 4.35. The molecule has 2 heterocycles. The van der Waals surface area contributed by atoms with E-state index in [4.69, 9.17) is 9.15 Å². The molecule has 1 fully saturated rings. The van der Waals surface area contributed by atoms with Crippen molar-refractivity contribution in [2.45, 2.75) is 57.8 Å². The number of β-amino-alcohol motifs (C(OH)–C–C–N with tert-alkyl or cyclic N) is 1.